The molecule has 0 bridgehead atoms. The second kappa shape index (κ2) is 12.6. The van der Waals surface area contributed by atoms with Gasteiger partial charge in [0.2, 0.25) is 5.91 Å². The van der Waals surface area contributed by atoms with Crippen LogP contribution in [0.2, 0.25) is 5.02 Å². The van der Waals surface area contributed by atoms with Crippen LogP contribution < -0.4 is 10.2 Å². The SMILES string of the molecule is O=C(/C=C/c1ccccc1Cl)Nc1ccc(N2CCN(CC(O)(Cn3cncn3)c3ccc(F)cc3F)CC2)cc1. The summed E-state index contributed by atoms with van der Waals surface area (Å²) in [5.41, 5.74) is 0.792. The minimum absolute atomic E-state index is 0.0103. The van der Waals surface area contributed by atoms with Crippen molar-refractivity contribution in [3.63, 3.8) is 0 Å². The molecule has 212 valence electrons. The summed E-state index contributed by atoms with van der Waals surface area (Å²) in [6, 6.07) is 18.1. The van der Waals surface area contributed by atoms with Crippen LogP contribution in [0.3, 0.4) is 0 Å². The maximum atomic E-state index is 14.8. The number of nitrogens with one attached hydrogen (secondary N) is 1. The van der Waals surface area contributed by atoms with E-state index in [1.165, 1.54) is 29.5 Å². The molecule has 1 aliphatic rings. The lowest BCUT2D eigenvalue weighted by Crippen LogP contribution is -2.52. The average molecular weight is 579 g/mol. The molecule has 1 saturated heterocycles. The first kappa shape index (κ1) is 28.4. The Labute approximate surface area is 241 Å². The fourth-order valence-corrected chi connectivity index (χ4v) is 5.12. The highest BCUT2D eigenvalue weighted by Crippen LogP contribution is 2.29. The second-order valence-electron chi connectivity index (χ2n) is 9.90. The Hall–Kier alpha value is -4.12. The van der Waals surface area contributed by atoms with E-state index in [2.05, 4.69) is 25.2 Å². The lowest BCUT2D eigenvalue weighted by atomic mass is 9.92. The highest BCUT2D eigenvalue weighted by atomic mass is 35.5. The molecule has 11 heteroatoms. The molecule has 2 N–H and O–H groups in total. The first-order chi connectivity index (χ1) is 19.8. The largest absolute Gasteiger partial charge is 0.382 e. The lowest BCUT2D eigenvalue weighted by molar-refractivity contribution is -0.111. The zero-order valence-electron chi connectivity index (χ0n) is 22.1. The first-order valence-electron chi connectivity index (χ1n) is 13.1. The minimum atomic E-state index is -1.65. The molecule has 1 aliphatic heterocycles. The number of amides is 1. The number of hydrogen-bond acceptors (Lipinski definition) is 6. The van der Waals surface area contributed by atoms with Crippen LogP contribution in [-0.4, -0.2) is 63.4 Å². The quantitative estimate of drug-likeness (QED) is 0.283. The topological polar surface area (TPSA) is 86.5 Å². The molecule has 1 atom stereocenters. The summed E-state index contributed by atoms with van der Waals surface area (Å²) >= 11 is 6.13. The van der Waals surface area contributed by atoms with Crippen molar-refractivity contribution in [3.8, 4) is 0 Å². The van der Waals surface area contributed by atoms with E-state index in [4.69, 9.17) is 11.6 Å². The lowest BCUT2D eigenvalue weighted by Gasteiger charge is -2.40. The number of aromatic nitrogens is 3. The summed E-state index contributed by atoms with van der Waals surface area (Å²) in [6.07, 6.45) is 5.90. The summed E-state index contributed by atoms with van der Waals surface area (Å²) in [4.78, 5) is 20.5. The summed E-state index contributed by atoms with van der Waals surface area (Å²) in [5.74, 6) is -1.78. The number of rotatable bonds is 9. The number of piperazine rings is 1. The Morgan fingerprint density at radius 2 is 1.78 bits per heavy atom. The van der Waals surface area contributed by atoms with Gasteiger partial charge in [-0.1, -0.05) is 35.9 Å². The van der Waals surface area contributed by atoms with E-state index in [1.54, 1.807) is 12.1 Å². The van der Waals surface area contributed by atoms with Crippen LogP contribution in [0.5, 0.6) is 0 Å². The number of halogens is 3. The highest BCUT2D eigenvalue weighted by molar-refractivity contribution is 6.32. The van der Waals surface area contributed by atoms with Crippen LogP contribution in [0.25, 0.3) is 6.08 Å². The summed E-state index contributed by atoms with van der Waals surface area (Å²) < 4.78 is 29.8. The van der Waals surface area contributed by atoms with E-state index in [-0.39, 0.29) is 24.6 Å². The number of nitrogens with zero attached hydrogens (tertiary/aromatic N) is 5. The van der Waals surface area contributed by atoms with Gasteiger partial charge in [0.1, 0.15) is 29.9 Å². The molecule has 0 radical (unpaired) electrons. The van der Waals surface area contributed by atoms with Crippen molar-refractivity contribution in [3.05, 3.63) is 113 Å². The van der Waals surface area contributed by atoms with Crippen molar-refractivity contribution in [2.45, 2.75) is 12.1 Å². The van der Waals surface area contributed by atoms with Gasteiger partial charge in [-0.05, 0) is 48.0 Å². The van der Waals surface area contributed by atoms with Crippen LogP contribution in [0.15, 0.2) is 85.5 Å². The van der Waals surface area contributed by atoms with Gasteiger partial charge in [0, 0.05) is 66.8 Å². The maximum Gasteiger partial charge on any atom is 0.248 e. The fourth-order valence-electron chi connectivity index (χ4n) is 4.92. The Balaban J connectivity index is 1.18. The van der Waals surface area contributed by atoms with E-state index >= 15 is 0 Å². The van der Waals surface area contributed by atoms with E-state index in [9.17, 15) is 18.7 Å². The Bertz CT molecular complexity index is 1510. The number of carbonyl (C=O) groups excluding carboxylic acids is 1. The van der Waals surface area contributed by atoms with Crippen molar-refractivity contribution in [2.75, 3.05) is 42.9 Å². The number of hydrogen-bond donors (Lipinski definition) is 2. The van der Waals surface area contributed by atoms with Crippen molar-refractivity contribution in [1.29, 1.82) is 0 Å². The molecule has 41 heavy (non-hydrogen) atoms. The number of β-amino-alcohol motifs (C(OH)–C–C–N with tert-alkyl or cyclic N) is 1. The molecule has 0 aliphatic carbocycles. The van der Waals surface area contributed by atoms with Gasteiger partial charge in [0.15, 0.2) is 0 Å². The summed E-state index contributed by atoms with van der Waals surface area (Å²) in [6.45, 7) is 2.70. The van der Waals surface area contributed by atoms with Gasteiger partial charge in [-0.3, -0.25) is 9.69 Å². The van der Waals surface area contributed by atoms with Gasteiger partial charge in [-0.15, -0.1) is 0 Å². The number of benzene rings is 3. The smallest absolute Gasteiger partial charge is 0.248 e. The van der Waals surface area contributed by atoms with E-state index < -0.39 is 17.2 Å². The van der Waals surface area contributed by atoms with Gasteiger partial charge < -0.3 is 15.3 Å². The molecule has 2 heterocycles. The van der Waals surface area contributed by atoms with Gasteiger partial charge >= 0.3 is 0 Å². The second-order valence-corrected chi connectivity index (χ2v) is 10.3. The standard InChI is InChI=1S/C30H29ClF2N6O2/c31-27-4-2-1-3-22(27)5-12-29(40)36-24-7-9-25(10-8-24)38-15-13-37(14-16-38)18-30(41,19-39-21-34-20-35-39)26-11-6-23(32)17-28(26)33/h1-12,17,20-21,41H,13-16,18-19H2,(H,36,40)/b12-5+. The third kappa shape index (κ3) is 7.15. The fraction of sp³-hybridized carbons (Fsp3) is 0.233. The van der Waals surface area contributed by atoms with Gasteiger partial charge in [0.25, 0.3) is 0 Å². The molecule has 4 aromatic rings. The molecule has 0 saturated carbocycles. The molecule has 1 unspecified atom stereocenters. The third-order valence-electron chi connectivity index (χ3n) is 7.00. The van der Waals surface area contributed by atoms with Crippen LogP contribution >= 0.6 is 11.6 Å². The van der Waals surface area contributed by atoms with Crippen molar-refractivity contribution >= 4 is 35.0 Å². The zero-order valence-corrected chi connectivity index (χ0v) is 22.9. The van der Waals surface area contributed by atoms with Gasteiger partial charge in [0.05, 0.1) is 6.54 Å². The highest BCUT2D eigenvalue weighted by Gasteiger charge is 2.36. The molecular formula is C30H29ClF2N6O2. The zero-order chi connectivity index (χ0) is 28.8. The number of aliphatic hydroxyl groups is 1. The minimum Gasteiger partial charge on any atom is -0.382 e. The summed E-state index contributed by atoms with van der Waals surface area (Å²) in [5, 5.41) is 19.1. The van der Waals surface area contributed by atoms with Crippen molar-refractivity contribution < 1.29 is 18.7 Å². The molecule has 1 fully saturated rings. The molecular weight excluding hydrogens is 550 g/mol. The molecule has 5 rings (SSSR count). The van der Waals surface area contributed by atoms with E-state index in [1.807, 2.05) is 42.5 Å². The van der Waals surface area contributed by atoms with Gasteiger partial charge in [-0.25, -0.2) is 18.4 Å². The number of carbonyl (C=O) groups is 1. The molecule has 0 spiro atoms. The number of anilines is 2. The predicted molar refractivity (Wildman–Crippen MR) is 154 cm³/mol. The summed E-state index contributed by atoms with van der Waals surface area (Å²) in [7, 11) is 0. The third-order valence-corrected chi connectivity index (χ3v) is 7.34. The van der Waals surface area contributed by atoms with E-state index in [0.29, 0.717) is 36.9 Å². The molecule has 1 aromatic heterocycles. The molecule has 8 nitrogen and oxygen atoms in total. The Morgan fingerprint density at radius 3 is 2.46 bits per heavy atom. The predicted octanol–water partition coefficient (Wildman–Crippen LogP) is 4.57. The molecule has 1 amide bonds. The normalized spacial score (nSPS) is 15.7. The van der Waals surface area contributed by atoms with Crippen LogP contribution in [0.4, 0.5) is 20.2 Å². The monoisotopic (exact) mass is 578 g/mol. The van der Waals surface area contributed by atoms with Crippen molar-refractivity contribution in [2.24, 2.45) is 0 Å². The van der Waals surface area contributed by atoms with Crippen LogP contribution in [0.1, 0.15) is 11.1 Å². The average Bonchev–Trinajstić information content (AvgIpc) is 3.46. The van der Waals surface area contributed by atoms with Crippen LogP contribution in [0, 0.1) is 11.6 Å². The maximum absolute atomic E-state index is 14.8. The Morgan fingerprint density at radius 1 is 1.02 bits per heavy atom. The Kier molecular flexibility index (Phi) is 8.72. The van der Waals surface area contributed by atoms with Crippen LogP contribution in [-0.2, 0) is 16.9 Å². The molecule has 3 aromatic carbocycles. The van der Waals surface area contributed by atoms with E-state index in [0.717, 1.165) is 23.4 Å². The van der Waals surface area contributed by atoms with Gasteiger partial charge in [-0.2, -0.15) is 5.10 Å². The van der Waals surface area contributed by atoms with Crippen molar-refractivity contribution in [1.82, 2.24) is 19.7 Å². The first-order valence-corrected chi connectivity index (χ1v) is 13.5.